The monoisotopic (exact) mass is 217 g/mol. The van der Waals surface area contributed by atoms with Crippen molar-refractivity contribution in [3.63, 3.8) is 0 Å². The molecule has 1 aliphatic carbocycles. The van der Waals surface area contributed by atoms with Crippen LogP contribution in [0.25, 0.3) is 0 Å². The maximum atomic E-state index is 11.3. The van der Waals surface area contributed by atoms with Gasteiger partial charge in [0.2, 0.25) is 5.91 Å². The van der Waals surface area contributed by atoms with Gasteiger partial charge in [-0.15, -0.1) is 0 Å². The Kier molecular flexibility index (Phi) is 1.80. The van der Waals surface area contributed by atoms with Crippen LogP contribution in [-0.4, -0.2) is 17.0 Å². The first-order valence-electron chi connectivity index (χ1n) is 5.31. The second-order valence-corrected chi connectivity index (χ2v) is 4.39. The van der Waals surface area contributed by atoms with Gasteiger partial charge < -0.3 is 10.4 Å². The number of carboxylic acid groups (broad SMARTS) is 1. The van der Waals surface area contributed by atoms with Gasteiger partial charge >= 0.3 is 5.97 Å². The lowest BCUT2D eigenvalue weighted by Crippen LogP contribution is -2.18. The van der Waals surface area contributed by atoms with Crippen molar-refractivity contribution >= 4 is 11.9 Å². The molecule has 4 heteroatoms. The molecule has 2 aliphatic rings. The third-order valence-electron chi connectivity index (χ3n) is 3.48. The largest absolute Gasteiger partial charge is 0.478 e. The van der Waals surface area contributed by atoms with E-state index in [9.17, 15) is 9.59 Å². The third-order valence-corrected chi connectivity index (χ3v) is 3.48. The Morgan fingerprint density at radius 2 is 2.19 bits per heavy atom. The number of nitrogens with one attached hydrogen (secondary N) is 1. The quantitative estimate of drug-likeness (QED) is 0.740. The molecule has 1 heterocycles. The van der Waals surface area contributed by atoms with E-state index in [-0.39, 0.29) is 17.9 Å². The normalized spacial score (nSPS) is 26.1. The Labute approximate surface area is 92.3 Å². The molecule has 2 unspecified atom stereocenters. The molecule has 3 rings (SSSR count). The second-order valence-electron chi connectivity index (χ2n) is 4.39. The first-order valence-corrected chi connectivity index (χ1v) is 5.31. The van der Waals surface area contributed by atoms with E-state index < -0.39 is 5.97 Å². The molecule has 1 fully saturated rings. The maximum Gasteiger partial charge on any atom is 0.335 e. The SMILES string of the molecule is O=C1CC2Cc3c(C(=O)O)cccc3C2N1. The van der Waals surface area contributed by atoms with E-state index in [2.05, 4.69) is 5.32 Å². The zero-order valence-corrected chi connectivity index (χ0v) is 8.56. The van der Waals surface area contributed by atoms with Crippen LogP contribution >= 0.6 is 0 Å². The predicted molar refractivity (Wildman–Crippen MR) is 56.1 cm³/mol. The van der Waals surface area contributed by atoms with Gasteiger partial charge in [0, 0.05) is 6.42 Å². The van der Waals surface area contributed by atoms with E-state index in [4.69, 9.17) is 5.11 Å². The molecule has 1 aromatic rings. The fraction of sp³-hybridized carbons (Fsp3) is 0.333. The van der Waals surface area contributed by atoms with Crippen LogP contribution in [0.4, 0.5) is 0 Å². The standard InChI is InChI=1S/C12H11NO3/c14-10-5-6-4-9-7(11(6)13-10)2-1-3-8(9)12(15)16/h1-3,6,11H,4-5H2,(H,13,14)(H,15,16). The number of hydrogen-bond donors (Lipinski definition) is 2. The van der Waals surface area contributed by atoms with Gasteiger partial charge in [-0.05, 0) is 29.5 Å². The molecule has 0 saturated carbocycles. The summed E-state index contributed by atoms with van der Waals surface area (Å²) in [6, 6.07) is 5.32. The van der Waals surface area contributed by atoms with Gasteiger partial charge in [0.25, 0.3) is 0 Å². The summed E-state index contributed by atoms with van der Waals surface area (Å²) in [6.07, 6.45) is 1.21. The number of carboxylic acids is 1. The Bertz CT molecular complexity index is 495. The predicted octanol–water partition coefficient (Wildman–Crippen LogP) is 1.12. The number of aromatic carboxylic acids is 1. The molecule has 0 spiro atoms. The molecule has 2 N–H and O–H groups in total. The smallest absolute Gasteiger partial charge is 0.335 e. The van der Waals surface area contributed by atoms with Crippen molar-refractivity contribution in [3.8, 4) is 0 Å². The van der Waals surface area contributed by atoms with Gasteiger partial charge in [0.15, 0.2) is 0 Å². The molecule has 1 aromatic carbocycles. The molecular weight excluding hydrogens is 206 g/mol. The van der Waals surface area contributed by atoms with E-state index in [1.165, 1.54) is 0 Å². The van der Waals surface area contributed by atoms with Crippen LogP contribution in [0.15, 0.2) is 18.2 Å². The average molecular weight is 217 g/mol. The molecule has 2 atom stereocenters. The van der Waals surface area contributed by atoms with Gasteiger partial charge in [0.05, 0.1) is 11.6 Å². The first kappa shape index (κ1) is 9.39. The zero-order valence-electron chi connectivity index (χ0n) is 8.56. The number of rotatable bonds is 1. The summed E-state index contributed by atoms with van der Waals surface area (Å²) < 4.78 is 0. The minimum Gasteiger partial charge on any atom is -0.478 e. The number of hydrogen-bond acceptors (Lipinski definition) is 2. The van der Waals surface area contributed by atoms with E-state index >= 15 is 0 Å². The van der Waals surface area contributed by atoms with Crippen LogP contribution in [0.2, 0.25) is 0 Å². The van der Waals surface area contributed by atoms with Crippen molar-refractivity contribution in [1.29, 1.82) is 0 Å². The average Bonchev–Trinajstić information content (AvgIpc) is 2.72. The third kappa shape index (κ3) is 1.16. The topological polar surface area (TPSA) is 66.4 Å². The summed E-state index contributed by atoms with van der Waals surface area (Å²) >= 11 is 0. The molecule has 82 valence electrons. The Morgan fingerprint density at radius 3 is 2.94 bits per heavy atom. The summed E-state index contributed by atoms with van der Waals surface area (Å²) in [4.78, 5) is 22.3. The summed E-state index contributed by atoms with van der Waals surface area (Å²) in [5.74, 6) is -0.576. The van der Waals surface area contributed by atoms with Crippen molar-refractivity contribution in [2.45, 2.75) is 18.9 Å². The zero-order chi connectivity index (χ0) is 11.3. The van der Waals surface area contributed by atoms with Crippen molar-refractivity contribution in [3.05, 3.63) is 34.9 Å². The van der Waals surface area contributed by atoms with E-state index in [1.54, 1.807) is 12.1 Å². The fourth-order valence-electron chi connectivity index (χ4n) is 2.81. The number of amides is 1. The van der Waals surface area contributed by atoms with Gasteiger partial charge in [-0.1, -0.05) is 12.1 Å². The van der Waals surface area contributed by atoms with E-state index in [0.29, 0.717) is 18.4 Å². The van der Waals surface area contributed by atoms with Crippen molar-refractivity contribution in [2.24, 2.45) is 5.92 Å². The van der Waals surface area contributed by atoms with Crippen LogP contribution in [0.5, 0.6) is 0 Å². The molecule has 0 bridgehead atoms. The highest BCUT2D eigenvalue weighted by atomic mass is 16.4. The van der Waals surface area contributed by atoms with Crippen LogP contribution in [-0.2, 0) is 11.2 Å². The van der Waals surface area contributed by atoms with Gasteiger partial charge in [-0.25, -0.2) is 4.79 Å². The molecule has 1 saturated heterocycles. The highest BCUT2D eigenvalue weighted by molar-refractivity contribution is 5.90. The van der Waals surface area contributed by atoms with Gasteiger partial charge in [-0.2, -0.15) is 0 Å². The van der Waals surface area contributed by atoms with E-state index in [1.807, 2.05) is 6.07 Å². The summed E-state index contributed by atoms with van der Waals surface area (Å²) in [5.41, 5.74) is 2.25. The molecule has 0 radical (unpaired) electrons. The second kappa shape index (κ2) is 3.07. The highest BCUT2D eigenvalue weighted by Crippen LogP contribution is 2.42. The fourth-order valence-corrected chi connectivity index (χ4v) is 2.81. The van der Waals surface area contributed by atoms with Crippen LogP contribution in [0.3, 0.4) is 0 Å². The van der Waals surface area contributed by atoms with Crippen molar-refractivity contribution in [1.82, 2.24) is 5.32 Å². The summed E-state index contributed by atoms with van der Waals surface area (Å²) in [7, 11) is 0. The Balaban J connectivity index is 2.09. The minimum atomic E-state index is -0.886. The van der Waals surface area contributed by atoms with Gasteiger partial charge in [-0.3, -0.25) is 4.79 Å². The van der Waals surface area contributed by atoms with Crippen molar-refractivity contribution in [2.75, 3.05) is 0 Å². The lowest BCUT2D eigenvalue weighted by molar-refractivity contribution is -0.119. The minimum absolute atomic E-state index is 0.0294. The molecule has 1 aliphatic heterocycles. The highest BCUT2D eigenvalue weighted by Gasteiger charge is 2.41. The Morgan fingerprint density at radius 1 is 1.38 bits per heavy atom. The molecular formula is C12H11NO3. The first-order chi connectivity index (χ1) is 7.66. The van der Waals surface area contributed by atoms with Crippen LogP contribution < -0.4 is 5.32 Å². The molecule has 0 aromatic heterocycles. The molecule has 4 nitrogen and oxygen atoms in total. The lowest BCUT2D eigenvalue weighted by Gasteiger charge is -2.09. The summed E-state index contributed by atoms with van der Waals surface area (Å²) in [5, 5.41) is 12.0. The van der Waals surface area contributed by atoms with Crippen LogP contribution in [0, 0.1) is 5.92 Å². The number of carbonyl (C=O) groups excluding carboxylic acids is 1. The number of benzene rings is 1. The maximum absolute atomic E-state index is 11.3. The Hall–Kier alpha value is -1.84. The molecule has 16 heavy (non-hydrogen) atoms. The lowest BCUT2D eigenvalue weighted by atomic mass is 10.0. The van der Waals surface area contributed by atoms with E-state index in [0.717, 1.165) is 11.1 Å². The number of fused-ring (bicyclic) bond motifs is 3. The summed E-state index contributed by atoms with van der Waals surface area (Å²) in [6.45, 7) is 0. The molecule has 1 amide bonds. The number of carbonyl (C=O) groups is 2. The van der Waals surface area contributed by atoms with Gasteiger partial charge in [0.1, 0.15) is 0 Å². The van der Waals surface area contributed by atoms with Crippen molar-refractivity contribution < 1.29 is 14.7 Å². The van der Waals surface area contributed by atoms with Crippen LogP contribution in [0.1, 0.15) is 33.9 Å².